The number of hydrogen-bond acceptors (Lipinski definition) is 4. The van der Waals surface area contributed by atoms with Crippen molar-refractivity contribution in [3.8, 4) is 0 Å². The van der Waals surface area contributed by atoms with Gasteiger partial charge in [-0.3, -0.25) is 9.90 Å². The number of halogens is 1. The largest absolute Gasteiger partial charge is 0.268 e. The molecule has 0 aromatic heterocycles. The lowest BCUT2D eigenvalue weighted by Gasteiger charge is -2.20. The highest BCUT2D eigenvalue weighted by molar-refractivity contribution is 7.90. The number of benzene rings is 1. The van der Waals surface area contributed by atoms with Crippen LogP contribution in [0.15, 0.2) is 29.2 Å². The monoisotopic (exact) mass is 300 g/mol. The molecule has 1 aliphatic heterocycles. The van der Waals surface area contributed by atoms with Gasteiger partial charge in [-0.25, -0.2) is 8.42 Å². The van der Waals surface area contributed by atoms with Crippen LogP contribution in [0.5, 0.6) is 0 Å². The van der Waals surface area contributed by atoms with Crippen molar-refractivity contribution < 1.29 is 13.3 Å². The van der Waals surface area contributed by atoms with E-state index in [9.17, 15) is 8.42 Å². The lowest BCUT2D eigenvalue weighted by Crippen LogP contribution is -2.21. The zero-order valence-electron chi connectivity index (χ0n) is 10.5. The molecule has 0 N–H and O–H groups in total. The summed E-state index contributed by atoms with van der Waals surface area (Å²) in [5.41, 5.74) is 0.561. The van der Waals surface area contributed by atoms with Gasteiger partial charge >= 0.3 is 0 Å². The van der Waals surface area contributed by atoms with Crippen LogP contribution in [0.4, 0.5) is 5.69 Å². The summed E-state index contributed by atoms with van der Waals surface area (Å²) < 4.78 is 23.6. The first-order chi connectivity index (χ1) is 8.97. The maximum Gasteiger partial charge on any atom is 0.177 e. The van der Waals surface area contributed by atoms with Gasteiger partial charge in [0.15, 0.2) is 9.84 Å². The third-order valence-electron chi connectivity index (χ3n) is 3.43. The second-order valence-corrected chi connectivity index (χ2v) is 7.56. The van der Waals surface area contributed by atoms with Crippen LogP contribution in [0.25, 0.3) is 0 Å². The molecule has 0 bridgehead atoms. The van der Waals surface area contributed by atoms with Crippen molar-refractivity contribution >= 4 is 27.1 Å². The highest BCUT2D eigenvalue weighted by atomic mass is 35.5. The summed E-state index contributed by atoms with van der Waals surface area (Å²) in [7, 11) is -3.28. The summed E-state index contributed by atoms with van der Waals surface area (Å²) in [4.78, 5) is 6.09. The molecule has 1 saturated carbocycles. The molecule has 1 radical (unpaired) electrons. The average Bonchev–Trinajstić information content (AvgIpc) is 3.12. The number of para-hydroxylation sites is 1. The average molecular weight is 301 g/mol. The molecular formula is C13H15ClNO3S. The number of nitrogens with zero attached hydrogens (tertiary/aromatic N) is 1. The molecule has 1 heterocycles. The highest BCUT2D eigenvalue weighted by Crippen LogP contribution is 2.45. The molecule has 2 aliphatic rings. The van der Waals surface area contributed by atoms with Crippen LogP contribution in [0.3, 0.4) is 0 Å². The van der Waals surface area contributed by atoms with Gasteiger partial charge in [-0.15, -0.1) is 11.6 Å². The van der Waals surface area contributed by atoms with E-state index in [4.69, 9.17) is 16.4 Å². The maximum atomic E-state index is 11.8. The second-order valence-electron chi connectivity index (χ2n) is 5.09. The van der Waals surface area contributed by atoms with Crippen LogP contribution >= 0.6 is 11.6 Å². The van der Waals surface area contributed by atoms with Crippen LogP contribution in [-0.4, -0.2) is 27.3 Å². The van der Waals surface area contributed by atoms with E-state index in [0.29, 0.717) is 18.2 Å². The van der Waals surface area contributed by atoms with E-state index in [-0.39, 0.29) is 11.0 Å². The Balaban J connectivity index is 1.91. The molecule has 1 saturated heterocycles. The van der Waals surface area contributed by atoms with E-state index in [1.165, 1.54) is 6.26 Å². The Hall–Kier alpha value is -0.780. The molecule has 0 amide bonds. The molecule has 1 unspecified atom stereocenters. The molecule has 1 aromatic rings. The molecule has 19 heavy (non-hydrogen) atoms. The van der Waals surface area contributed by atoms with E-state index < -0.39 is 9.84 Å². The third kappa shape index (κ3) is 2.59. The lowest BCUT2D eigenvalue weighted by molar-refractivity contribution is 0.0811. The Morgan fingerprint density at radius 1 is 1.32 bits per heavy atom. The molecule has 1 aromatic carbocycles. The number of sulfone groups is 1. The summed E-state index contributed by atoms with van der Waals surface area (Å²) in [6, 6.07) is 6.84. The number of hydroxylamine groups is 1. The topological polar surface area (TPSA) is 46.6 Å². The molecule has 103 valence electrons. The minimum Gasteiger partial charge on any atom is -0.268 e. The van der Waals surface area contributed by atoms with Crippen molar-refractivity contribution in [1.82, 2.24) is 0 Å². The van der Waals surface area contributed by atoms with Gasteiger partial charge in [0.1, 0.15) is 11.5 Å². The van der Waals surface area contributed by atoms with Crippen LogP contribution < -0.4 is 5.06 Å². The van der Waals surface area contributed by atoms with Crippen molar-refractivity contribution in [2.45, 2.75) is 23.8 Å². The zero-order valence-corrected chi connectivity index (χ0v) is 12.1. The molecule has 2 fully saturated rings. The van der Waals surface area contributed by atoms with E-state index >= 15 is 0 Å². The van der Waals surface area contributed by atoms with Gasteiger partial charge in [0, 0.05) is 6.26 Å². The summed E-state index contributed by atoms with van der Waals surface area (Å²) >= 11 is 6.23. The first-order valence-corrected chi connectivity index (χ1v) is 8.48. The third-order valence-corrected chi connectivity index (χ3v) is 4.91. The standard InChI is InChI=1S/C13H15ClNO3S/c1-19(16,17)12-5-3-2-4-11(12)15-8-10(14)13(18-15)9-6-7-9/h2-5,9,13H,6-8H2,1H3. The Labute approximate surface area is 118 Å². The van der Waals surface area contributed by atoms with Crippen LogP contribution in [0.2, 0.25) is 0 Å². The summed E-state index contributed by atoms with van der Waals surface area (Å²) in [6.07, 6.45) is 3.38. The summed E-state index contributed by atoms with van der Waals surface area (Å²) in [5, 5.41) is 2.35. The van der Waals surface area contributed by atoms with E-state index in [2.05, 4.69) is 0 Å². The maximum absolute atomic E-state index is 11.8. The van der Waals surface area contributed by atoms with Crippen molar-refractivity contribution in [2.75, 3.05) is 17.9 Å². The van der Waals surface area contributed by atoms with Gasteiger partial charge in [0.2, 0.25) is 0 Å². The Morgan fingerprint density at radius 3 is 2.63 bits per heavy atom. The van der Waals surface area contributed by atoms with Gasteiger partial charge in [-0.1, -0.05) is 12.1 Å². The van der Waals surface area contributed by atoms with Gasteiger partial charge in [0.25, 0.3) is 0 Å². The molecule has 1 atom stereocenters. The Kier molecular flexibility index (Phi) is 3.23. The van der Waals surface area contributed by atoms with E-state index in [0.717, 1.165) is 18.2 Å². The number of rotatable bonds is 3. The van der Waals surface area contributed by atoms with Gasteiger partial charge in [-0.2, -0.15) is 0 Å². The Morgan fingerprint density at radius 2 is 2.00 bits per heavy atom. The number of hydrogen-bond donors (Lipinski definition) is 0. The van der Waals surface area contributed by atoms with E-state index in [1.807, 2.05) is 0 Å². The molecule has 1 aliphatic carbocycles. The fourth-order valence-corrected chi connectivity index (χ4v) is 3.52. The van der Waals surface area contributed by atoms with Gasteiger partial charge in [0.05, 0.1) is 17.1 Å². The SMILES string of the molecule is CS(=O)(=O)c1ccccc1N1C[C](Cl)C(C2CC2)O1. The number of anilines is 1. The quantitative estimate of drug-likeness (QED) is 0.860. The second kappa shape index (κ2) is 4.65. The predicted molar refractivity (Wildman–Crippen MR) is 73.6 cm³/mol. The first-order valence-electron chi connectivity index (χ1n) is 6.21. The van der Waals surface area contributed by atoms with Crippen molar-refractivity contribution in [1.29, 1.82) is 0 Å². The molecular weight excluding hydrogens is 286 g/mol. The summed E-state index contributed by atoms with van der Waals surface area (Å²) in [6.45, 7) is 0.440. The molecule has 4 nitrogen and oxygen atoms in total. The summed E-state index contributed by atoms with van der Waals surface area (Å²) in [5.74, 6) is 0.489. The molecule has 0 spiro atoms. The normalized spacial score (nSPS) is 24.9. The fraction of sp³-hybridized carbons (Fsp3) is 0.462. The Bertz CT molecular complexity index is 585. The minimum atomic E-state index is -3.28. The lowest BCUT2D eigenvalue weighted by atomic mass is 10.2. The highest BCUT2D eigenvalue weighted by Gasteiger charge is 2.44. The molecule has 3 rings (SSSR count). The van der Waals surface area contributed by atoms with E-state index in [1.54, 1.807) is 29.3 Å². The van der Waals surface area contributed by atoms with Gasteiger partial charge in [-0.05, 0) is 30.9 Å². The van der Waals surface area contributed by atoms with Crippen LogP contribution in [0, 0.1) is 11.3 Å². The van der Waals surface area contributed by atoms with Crippen LogP contribution in [-0.2, 0) is 14.7 Å². The first kappa shape index (κ1) is 13.2. The van der Waals surface area contributed by atoms with Crippen LogP contribution in [0.1, 0.15) is 12.8 Å². The van der Waals surface area contributed by atoms with Gasteiger partial charge < -0.3 is 0 Å². The minimum absolute atomic E-state index is 0.0747. The van der Waals surface area contributed by atoms with Crippen molar-refractivity contribution in [3.63, 3.8) is 0 Å². The zero-order chi connectivity index (χ0) is 13.6. The van der Waals surface area contributed by atoms with Crippen molar-refractivity contribution in [3.05, 3.63) is 29.6 Å². The molecule has 6 heteroatoms. The fourth-order valence-electron chi connectivity index (χ4n) is 2.32. The smallest absolute Gasteiger partial charge is 0.177 e. The predicted octanol–water partition coefficient (Wildman–Crippen LogP) is 2.39. The van der Waals surface area contributed by atoms with Crippen molar-refractivity contribution in [2.24, 2.45) is 5.92 Å².